The van der Waals surface area contributed by atoms with E-state index in [-0.39, 0.29) is 6.09 Å². The van der Waals surface area contributed by atoms with Crippen LogP contribution >= 0.6 is 22.9 Å². The van der Waals surface area contributed by atoms with Gasteiger partial charge in [0.15, 0.2) is 0 Å². The lowest BCUT2D eigenvalue weighted by atomic mass is 10.1. The molecule has 6 heteroatoms. The number of rotatable bonds is 3. The average molecular weight is 399 g/mol. The van der Waals surface area contributed by atoms with Crippen molar-refractivity contribution in [1.29, 1.82) is 0 Å². The van der Waals surface area contributed by atoms with E-state index >= 15 is 0 Å². The molecule has 0 radical (unpaired) electrons. The molecule has 0 unspecified atom stereocenters. The van der Waals surface area contributed by atoms with Crippen molar-refractivity contribution >= 4 is 29.0 Å². The van der Waals surface area contributed by atoms with Gasteiger partial charge in [0.25, 0.3) is 0 Å². The summed E-state index contributed by atoms with van der Waals surface area (Å²) in [5.41, 5.74) is 2.96. The molecular weight excluding hydrogens is 380 g/mol. The van der Waals surface area contributed by atoms with Gasteiger partial charge in [-0.2, -0.15) is 0 Å². The number of hydrogen-bond acceptors (Lipinski definition) is 4. The van der Waals surface area contributed by atoms with Gasteiger partial charge in [-0.25, -0.2) is 9.78 Å². The number of halogens is 1. The first-order valence-corrected chi connectivity index (χ1v) is 10.2. The zero-order valence-corrected chi connectivity index (χ0v) is 16.3. The molecule has 0 aliphatic carbocycles. The highest BCUT2D eigenvalue weighted by Crippen LogP contribution is 2.30. The van der Waals surface area contributed by atoms with Gasteiger partial charge in [0, 0.05) is 34.6 Å². The van der Waals surface area contributed by atoms with Crippen molar-refractivity contribution in [1.82, 2.24) is 9.88 Å². The van der Waals surface area contributed by atoms with E-state index in [9.17, 15) is 4.79 Å². The van der Waals surface area contributed by atoms with Crippen molar-refractivity contribution in [2.24, 2.45) is 0 Å². The van der Waals surface area contributed by atoms with Gasteiger partial charge < -0.3 is 9.64 Å². The molecule has 2 aromatic carbocycles. The van der Waals surface area contributed by atoms with E-state index in [0.29, 0.717) is 10.8 Å². The molecule has 0 saturated carbocycles. The Morgan fingerprint density at radius 3 is 2.33 bits per heavy atom. The van der Waals surface area contributed by atoms with Crippen LogP contribution in [-0.2, 0) is 0 Å². The summed E-state index contributed by atoms with van der Waals surface area (Å²) in [6.07, 6.45) is 3.02. The molecule has 2 heterocycles. The standard InChI is InChI=1S/C21H19ClN2O2S/c22-17-8-4-15(5-9-17)19-14-27-20(23-19)16-6-10-18(11-7-16)26-21(25)24-12-2-1-3-13-24/h4-11,14H,1-3,12-13H2. The molecule has 4 nitrogen and oxygen atoms in total. The summed E-state index contributed by atoms with van der Waals surface area (Å²) in [5, 5.41) is 3.67. The molecule has 1 amide bonds. The van der Waals surface area contributed by atoms with E-state index < -0.39 is 0 Å². The molecule has 27 heavy (non-hydrogen) atoms. The SMILES string of the molecule is O=C(Oc1ccc(-c2nc(-c3ccc(Cl)cc3)cs2)cc1)N1CCCCC1. The van der Waals surface area contributed by atoms with Gasteiger partial charge in [-0.15, -0.1) is 11.3 Å². The number of likely N-dealkylation sites (tertiary alicyclic amines) is 1. The number of aromatic nitrogens is 1. The third kappa shape index (κ3) is 4.31. The second-order valence-electron chi connectivity index (χ2n) is 6.48. The van der Waals surface area contributed by atoms with Crippen LogP contribution in [0.25, 0.3) is 21.8 Å². The molecule has 1 aromatic heterocycles. The van der Waals surface area contributed by atoms with Crippen molar-refractivity contribution in [2.45, 2.75) is 19.3 Å². The van der Waals surface area contributed by atoms with Crippen LogP contribution in [0.15, 0.2) is 53.9 Å². The Morgan fingerprint density at radius 1 is 0.963 bits per heavy atom. The Morgan fingerprint density at radius 2 is 1.63 bits per heavy atom. The fourth-order valence-electron chi connectivity index (χ4n) is 3.07. The van der Waals surface area contributed by atoms with E-state index in [1.807, 2.05) is 53.9 Å². The minimum absolute atomic E-state index is 0.262. The van der Waals surface area contributed by atoms with Crippen LogP contribution in [0.1, 0.15) is 19.3 Å². The molecule has 138 valence electrons. The first-order valence-electron chi connectivity index (χ1n) is 8.98. The van der Waals surface area contributed by atoms with Crippen molar-refractivity contribution in [3.8, 4) is 27.6 Å². The van der Waals surface area contributed by atoms with E-state index in [0.717, 1.165) is 47.8 Å². The fourth-order valence-corrected chi connectivity index (χ4v) is 4.03. The molecule has 0 atom stereocenters. The van der Waals surface area contributed by atoms with Crippen molar-refractivity contribution in [3.05, 3.63) is 58.9 Å². The maximum absolute atomic E-state index is 12.2. The monoisotopic (exact) mass is 398 g/mol. The van der Waals surface area contributed by atoms with Crippen LogP contribution in [0.4, 0.5) is 4.79 Å². The average Bonchev–Trinajstić information content (AvgIpc) is 3.20. The van der Waals surface area contributed by atoms with Crippen molar-refractivity contribution in [3.63, 3.8) is 0 Å². The zero-order valence-electron chi connectivity index (χ0n) is 14.7. The Kier molecular flexibility index (Phi) is 5.41. The van der Waals surface area contributed by atoms with Crippen LogP contribution in [0.3, 0.4) is 0 Å². The van der Waals surface area contributed by atoms with Crippen LogP contribution in [-0.4, -0.2) is 29.1 Å². The Labute approximate surface area is 167 Å². The van der Waals surface area contributed by atoms with Gasteiger partial charge in [0.2, 0.25) is 0 Å². The Balaban J connectivity index is 1.44. The zero-order chi connectivity index (χ0) is 18.6. The number of carbonyl (C=O) groups excluding carboxylic acids is 1. The van der Waals surface area contributed by atoms with Crippen LogP contribution in [0, 0.1) is 0 Å². The first-order chi connectivity index (χ1) is 13.2. The normalized spacial score (nSPS) is 14.2. The van der Waals surface area contributed by atoms with E-state index in [4.69, 9.17) is 21.3 Å². The Hall–Kier alpha value is -2.37. The highest BCUT2D eigenvalue weighted by atomic mass is 35.5. The number of thiazole rings is 1. The fraction of sp³-hybridized carbons (Fsp3) is 0.238. The van der Waals surface area contributed by atoms with E-state index in [2.05, 4.69) is 0 Å². The lowest BCUT2D eigenvalue weighted by Gasteiger charge is -2.25. The molecule has 1 aliphatic rings. The molecule has 1 fully saturated rings. The minimum Gasteiger partial charge on any atom is -0.410 e. The molecule has 1 saturated heterocycles. The maximum atomic E-state index is 12.2. The van der Waals surface area contributed by atoms with Gasteiger partial charge in [-0.3, -0.25) is 0 Å². The molecular formula is C21H19ClN2O2S. The first kappa shape index (κ1) is 18.0. The van der Waals surface area contributed by atoms with Gasteiger partial charge >= 0.3 is 6.09 Å². The summed E-state index contributed by atoms with van der Waals surface area (Å²) >= 11 is 7.53. The number of nitrogens with zero attached hydrogens (tertiary/aromatic N) is 2. The smallest absolute Gasteiger partial charge is 0.410 e. The molecule has 3 aromatic rings. The van der Waals surface area contributed by atoms with E-state index in [1.165, 1.54) is 6.42 Å². The van der Waals surface area contributed by atoms with Gasteiger partial charge in [-0.05, 0) is 55.7 Å². The second kappa shape index (κ2) is 8.11. The van der Waals surface area contributed by atoms with Crippen molar-refractivity contribution < 1.29 is 9.53 Å². The third-order valence-electron chi connectivity index (χ3n) is 4.56. The number of hydrogen-bond donors (Lipinski definition) is 0. The summed E-state index contributed by atoms with van der Waals surface area (Å²) in [7, 11) is 0. The number of amides is 1. The topological polar surface area (TPSA) is 42.4 Å². The maximum Gasteiger partial charge on any atom is 0.415 e. The summed E-state index contributed by atoms with van der Waals surface area (Å²) in [6.45, 7) is 1.56. The van der Waals surface area contributed by atoms with Gasteiger partial charge in [-0.1, -0.05) is 23.7 Å². The molecule has 0 N–H and O–H groups in total. The number of ether oxygens (including phenoxy) is 1. The number of benzene rings is 2. The molecule has 0 spiro atoms. The van der Waals surface area contributed by atoms with E-state index in [1.54, 1.807) is 16.2 Å². The molecule has 4 rings (SSSR count). The number of piperidine rings is 1. The lowest BCUT2D eigenvalue weighted by molar-refractivity contribution is 0.142. The summed E-state index contributed by atoms with van der Waals surface area (Å²) in [5.74, 6) is 0.559. The lowest BCUT2D eigenvalue weighted by Crippen LogP contribution is -2.37. The number of carbonyl (C=O) groups is 1. The predicted octanol–water partition coefficient (Wildman–Crippen LogP) is 6.12. The highest BCUT2D eigenvalue weighted by molar-refractivity contribution is 7.13. The quantitative estimate of drug-likeness (QED) is 0.534. The predicted molar refractivity (Wildman–Crippen MR) is 109 cm³/mol. The van der Waals surface area contributed by atoms with Crippen LogP contribution in [0.5, 0.6) is 5.75 Å². The molecule has 1 aliphatic heterocycles. The highest BCUT2D eigenvalue weighted by Gasteiger charge is 2.18. The van der Waals surface area contributed by atoms with Gasteiger partial charge in [0.05, 0.1) is 5.69 Å². The summed E-state index contributed by atoms with van der Waals surface area (Å²) in [6, 6.07) is 15.2. The van der Waals surface area contributed by atoms with Gasteiger partial charge in [0.1, 0.15) is 10.8 Å². The summed E-state index contributed by atoms with van der Waals surface area (Å²) in [4.78, 5) is 18.7. The van der Waals surface area contributed by atoms with Crippen LogP contribution < -0.4 is 4.74 Å². The summed E-state index contributed by atoms with van der Waals surface area (Å²) < 4.78 is 5.49. The molecule has 0 bridgehead atoms. The van der Waals surface area contributed by atoms with Crippen molar-refractivity contribution in [2.75, 3.05) is 13.1 Å². The Bertz CT molecular complexity index is 916. The largest absolute Gasteiger partial charge is 0.415 e. The third-order valence-corrected chi connectivity index (χ3v) is 5.71. The minimum atomic E-state index is -0.262. The second-order valence-corrected chi connectivity index (χ2v) is 7.78. The van der Waals surface area contributed by atoms with Crippen LogP contribution in [0.2, 0.25) is 5.02 Å².